The number of anilines is 2. The first-order chi connectivity index (χ1) is 19.8. The van der Waals surface area contributed by atoms with Crippen molar-refractivity contribution in [2.75, 3.05) is 16.4 Å². The summed E-state index contributed by atoms with van der Waals surface area (Å²) in [5.41, 5.74) is 1.16. The van der Waals surface area contributed by atoms with Gasteiger partial charge in [-0.05, 0) is 66.7 Å². The van der Waals surface area contributed by atoms with E-state index in [0.717, 1.165) is 9.37 Å². The average Bonchev–Trinajstić information content (AvgIpc) is 2.97. The number of hydrogen-bond donors (Lipinski definition) is 3. The molecule has 0 aliphatic carbocycles. The van der Waals surface area contributed by atoms with Crippen molar-refractivity contribution < 1.29 is 19.3 Å². The van der Waals surface area contributed by atoms with Crippen molar-refractivity contribution >= 4 is 68.6 Å². The number of halogens is 1. The van der Waals surface area contributed by atoms with Gasteiger partial charge in [0.05, 0.1) is 16.2 Å². The molecule has 0 saturated heterocycles. The van der Waals surface area contributed by atoms with Gasteiger partial charge in [0.2, 0.25) is 5.91 Å². The van der Waals surface area contributed by atoms with E-state index >= 15 is 0 Å². The summed E-state index contributed by atoms with van der Waals surface area (Å²) >= 11 is 4.64. The molecular formula is C30H23BrN4O5S. The number of benzene rings is 4. The van der Waals surface area contributed by atoms with Gasteiger partial charge in [-0.25, -0.2) is 0 Å². The number of nitrogens with zero attached hydrogens (tertiary/aromatic N) is 1. The Bertz CT molecular complexity index is 1610. The summed E-state index contributed by atoms with van der Waals surface area (Å²) < 4.78 is 0.906. The second-order valence-electron chi connectivity index (χ2n) is 8.52. The summed E-state index contributed by atoms with van der Waals surface area (Å²) in [4.78, 5) is 50.3. The normalized spacial score (nSPS) is 10.9. The first kappa shape index (κ1) is 29.2. The van der Waals surface area contributed by atoms with Gasteiger partial charge in [0, 0.05) is 32.4 Å². The Morgan fingerprint density at radius 3 is 2.27 bits per heavy atom. The van der Waals surface area contributed by atoms with Gasteiger partial charge in [-0.15, -0.1) is 11.8 Å². The van der Waals surface area contributed by atoms with Crippen LogP contribution in [0.3, 0.4) is 0 Å². The minimum atomic E-state index is -0.678. The zero-order chi connectivity index (χ0) is 29.2. The van der Waals surface area contributed by atoms with Crippen LogP contribution in [0.2, 0.25) is 0 Å². The summed E-state index contributed by atoms with van der Waals surface area (Å²) in [5, 5.41) is 19.7. The maximum atomic E-state index is 13.3. The molecule has 0 spiro atoms. The molecule has 4 aromatic rings. The van der Waals surface area contributed by atoms with E-state index < -0.39 is 16.7 Å². The zero-order valence-electron chi connectivity index (χ0n) is 21.4. The fraction of sp³-hybridized carbons (Fsp3) is 0.0333. The molecule has 0 heterocycles. The monoisotopic (exact) mass is 630 g/mol. The molecule has 3 N–H and O–H groups in total. The van der Waals surface area contributed by atoms with E-state index in [-0.39, 0.29) is 28.6 Å². The lowest BCUT2D eigenvalue weighted by molar-refractivity contribution is -0.385. The Morgan fingerprint density at radius 1 is 0.829 bits per heavy atom. The van der Waals surface area contributed by atoms with Crippen LogP contribution in [0.5, 0.6) is 0 Å². The third-order valence-electron chi connectivity index (χ3n) is 5.55. The SMILES string of the molecule is O=C(CSc1cccc(NC(=O)/C(=C\c2ccccc2[N+](=O)[O-])NC(=O)c2ccccc2)c1)Nc1ccc(Br)cc1. The Balaban J connectivity index is 1.49. The van der Waals surface area contributed by atoms with E-state index in [1.54, 1.807) is 72.8 Å². The first-order valence-corrected chi connectivity index (χ1v) is 14.0. The molecule has 0 bridgehead atoms. The van der Waals surface area contributed by atoms with E-state index in [0.29, 0.717) is 16.9 Å². The number of nitrogens with one attached hydrogen (secondary N) is 3. The van der Waals surface area contributed by atoms with Gasteiger partial charge in [-0.3, -0.25) is 24.5 Å². The number of nitro groups is 1. The number of nitro benzene ring substituents is 1. The third-order valence-corrected chi connectivity index (χ3v) is 7.07. The summed E-state index contributed by atoms with van der Waals surface area (Å²) in [6.45, 7) is 0. The van der Waals surface area contributed by atoms with E-state index in [4.69, 9.17) is 0 Å². The largest absolute Gasteiger partial charge is 0.325 e. The molecule has 0 aliphatic rings. The lowest BCUT2D eigenvalue weighted by atomic mass is 10.1. The minimum absolute atomic E-state index is 0.142. The minimum Gasteiger partial charge on any atom is -0.325 e. The van der Waals surface area contributed by atoms with Crippen LogP contribution in [0.15, 0.2) is 118 Å². The quantitative estimate of drug-likeness (QED) is 0.0793. The van der Waals surface area contributed by atoms with Crippen molar-refractivity contribution in [3.63, 3.8) is 0 Å². The van der Waals surface area contributed by atoms with Crippen LogP contribution >= 0.6 is 27.7 Å². The molecule has 3 amide bonds. The highest BCUT2D eigenvalue weighted by molar-refractivity contribution is 9.10. The van der Waals surface area contributed by atoms with Crippen molar-refractivity contribution in [1.29, 1.82) is 0 Å². The van der Waals surface area contributed by atoms with Gasteiger partial charge in [0.25, 0.3) is 17.5 Å². The summed E-state index contributed by atoms with van der Waals surface area (Å²) in [6.07, 6.45) is 1.26. The van der Waals surface area contributed by atoms with Crippen LogP contribution in [-0.2, 0) is 9.59 Å². The number of carbonyl (C=O) groups is 3. The molecule has 0 unspecified atom stereocenters. The number of amides is 3. The number of hydrogen-bond acceptors (Lipinski definition) is 6. The molecular weight excluding hydrogens is 608 g/mol. The standard InChI is InChI=1S/C30H23BrN4O5S/c31-22-13-15-23(16-14-22)32-28(36)19-41-25-11-6-10-24(18-25)33-30(38)26(34-29(37)20-7-2-1-3-8-20)17-21-9-4-5-12-27(21)35(39)40/h1-18H,19H2,(H,32,36)(H,33,38)(H,34,37)/b26-17+. The number of carbonyl (C=O) groups excluding carboxylic acids is 3. The zero-order valence-corrected chi connectivity index (χ0v) is 23.8. The van der Waals surface area contributed by atoms with Gasteiger partial charge >= 0.3 is 0 Å². The lowest BCUT2D eigenvalue weighted by Crippen LogP contribution is -2.30. The maximum absolute atomic E-state index is 13.3. The van der Waals surface area contributed by atoms with Gasteiger partial charge in [0.15, 0.2) is 0 Å². The highest BCUT2D eigenvalue weighted by atomic mass is 79.9. The molecule has 0 fully saturated rings. The first-order valence-electron chi connectivity index (χ1n) is 12.2. The molecule has 0 radical (unpaired) electrons. The number of para-hydroxylation sites is 1. The van der Waals surface area contributed by atoms with Crippen LogP contribution in [0.4, 0.5) is 17.1 Å². The van der Waals surface area contributed by atoms with E-state index in [9.17, 15) is 24.5 Å². The predicted molar refractivity (Wildman–Crippen MR) is 164 cm³/mol. The molecule has 4 aromatic carbocycles. The van der Waals surface area contributed by atoms with Crippen LogP contribution in [0.25, 0.3) is 6.08 Å². The van der Waals surface area contributed by atoms with Crippen LogP contribution in [0, 0.1) is 10.1 Å². The fourth-order valence-electron chi connectivity index (χ4n) is 3.62. The smallest absolute Gasteiger partial charge is 0.276 e. The molecule has 9 nitrogen and oxygen atoms in total. The van der Waals surface area contributed by atoms with Crippen LogP contribution < -0.4 is 16.0 Å². The Kier molecular flexibility index (Phi) is 10.0. The maximum Gasteiger partial charge on any atom is 0.276 e. The van der Waals surface area contributed by atoms with Crippen molar-refractivity contribution in [2.45, 2.75) is 4.90 Å². The molecule has 11 heteroatoms. The average molecular weight is 632 g/mol. The van der Waals surface area contributed by atoms with E-state index in [1.165, 1.54) is 36.0 Å². The number of thioether (sulfide) groups is 1. The topological polar surface area (TPSA) is 130 Å². The molecule has 0 atom stereocenters. The lowest BCUT2D eigenvalue weighted by Gasteiger charge is -2.12. The van der Waals surface area contributed by atoms with Crippen molar-refractivity contribution in [3.8, 4) is 0 Å². The van der Waals surface area contributed by atoms with Gasteiger partial charge in [-0.1, -0.05) is 52.3 Å². The second-order valence-corrected chi connectivity index (χ2v) is 10.5. The van der Waals surface area contributed by atoms with Crippen LogP contribution in [-0.4, -0.2) is 28.4 Å². The van der Waals surface area contributed by atoms with Crippen molar-refractivity contribution in [3.05, 3.63) is 135 Å². The second kappa shape index (κ2) is 14.1. The Labute approximate surface area is 248 Å². The predicted octanol–water partition coefficient (Wildman–Crippen LogP) is 6.50. The highest BCUT2D eigenvalue weighted by Crippen LogP contribution is 2.24. The fourth-order valence-corrected chi connectivity index (χ4v) is 4.63. The van der Waals surface area contributed by atoms with Crippen molar-refractivity contribution in [2.24, 2.45) is 0 Å². The number of rotatable bonds is 10. The van der Waals surface area contributed by atoms with Gasteiger partial charge < -0.3 is 16.0 Å². The molecule has 206 valence electrons. The van der Waals surface area contributed by atoms with E-state index in [2.05, 4.69) is 31.9 Å². The molecule has 0 aliphatic heterocycles. The molecule has 41 heavy (non-hydrogen) atoms. The van der Waals surface area contributed by atoms with Crippen LogP contribution in [0.1, 0.15) is 15.9 Å². The molecule has 0 saturated carbocycles. The summed E-state index contributed by atoms with van der Waals surface area (Å²) in [6, 6.07) is 28.3. The Morgan fingerprint density at radius 2 is 1.54 bits per heavy atom. The molecule has 4 rings (SSSR count). The summed E-state index contributed by atoms with van der Waals surface area (Å²) in [5.74, 6) is -1.28. The summed E-state index contributed by atoms with van der Waals surface area (Å²) in [7, 11) is 0. The van der Waals surface area contributed by atoms with E-state index in [1.807, 2.05) is 12.1 Å². The highest BCUT2D eigenvalue weighted by Gasteiger charge is 2.18. The third kappa shape index (κ3) is 8.62. The molecule has 0 aromatic heterocycles. The van der Waals surface area contributed by atoms with Gasteiger partial charge in [0.1, 0.15) is 5.70 Å². The van der Waals surface area contributed by atoms with Crippen molar-refractivity contribution in [1.82, 2.24) is 5.32 Å². The van der Waals surface area contributed by atoms with Gasteiger partial charge in [-0.2, -0.15) is 0 Å². The Hall–Kier alpha value is -4.74.